The number of imide groups is 1. The number of hydrogen-bond donors (Lipinski definition) is 2. The highest BCUT2D eigenvalue weighted by Gasteiger charge is 2.13. The number of tetrazole rings is 1. The number of amides is 3. The van der Waals surface area contributed by atoms with Gasteiger partial charge >= 0.3 is 6.03 Å². The van der Waals surface area contributed by atoms with E-state index in [-0.39, 0.29) is 5.75 Å². The summed E-state index contributed by atoms with van der Waals surface area (Å²) < 4.78 is 1.55. The lowest BCUT2D eigenvalue weighted by Crippen LogP contribution is -2.35. The number of carbonyl (C=O) groups excluding carboxylic acids is 2. The summed E-state index contributed by atoms with van der Waals surface area (Å²) in [5.74, 6) is -0.433. The molecule has 8 nitrogen and oxygen atoms in total. The van der Waals surface area contributed by atoms with Gasteiger partial charge in [0.1, 0.15) is 0 Å². The van der Waals surface area contributed by atoms with Crippen molar-refractivity contribution in [1.29, 1.82) is 0 Å². The topological polar surface area (TPSA) is 102 Å². The number of thioether (sulfide) groups is 1. The zero-order valence-corrected chi connectivity index (χ0v) is 16.6. The molecule has 9 heteroatoms. The van der Waals surface area contributed by atoms with Crippen LogP contribution in [0.5, 0.6) is 0 Å². The van der Waals surface area contributed by atoms with Crippen molar-refractivity contribution in [3.8, 4) is 5.69 Å². The molecule has 3 aromatic rings. The lowest BCUT2D eigenvalue weighted by molar-refractivity contribution is -0.117. The number of anilines is 1. The molecule has 0 saturated heterocycles. The second kappa shape index (κ2) is 8.66. The normalized spacial score (nSPS) is 10.5. The van der Waals surface area contributed by atoms with Crippen LogP contribution in [0, 0.1) is 20.8 Å². The molecule has 2 aromatic carbocycles. The molecular weight excluding hydrogens is 376 g/mol. The van der Waals surface area contributed by atoms with Gasteiger partial charge in [0.2, 0.25) is 11.1 Å². The van der Waals surface area contributed by atoms with Crippen molar-refractivity contribution >= 4 is 29.4 Å². The molecular formula is C19H20N6O2S. The Hall–Kier alpha value is -3.20. The van der Waals surface area contributed by atoms with Gasteiger partial charge in [-0.3, -0.25) is 10.1 Å². The molecule has 0 radical (unpaired) electrons. The molecule has 0 fully saturated rings. The fraction of sp³-hybridized carbons (Fsp3) is 0.211. The van der Waals surface area contributed by atoms with Gasteiger partial charge in [-0.25, -0.2) is 4.79 Å². The van der Waals surface area contributed by atoms with Crippen LogP contribution in [0.15, 0.2) is 47.6 Å². The van der Waals surface area contributed by atoms with Crippen molar-refractivity contribution in [2.45, 2.75) is 25.9 Å². The molecule has 3 rings (SSSR count). The van der Waals surface area contributed by atoms with E-state index < -0.39 is 11.9 Å². The van der Waals surface area contributed by atoms with Crippen molar-refractivity contribution in [2.75, 3.05) is 11.1 Å². The van der Waals surface area contributed by atoms with Crippen molar-refractivity contribution in [1.82, 2.24) is 25.5 Å². The number of rotatable bonds is 5. The molecule has 0 spiro atoms. The van der Waals surface area contributed by atoms with E-state index in [1.165, 1.54) is 0 Å². The second-order valence-electron chi connectivity index (χ2n) is 6.30. The zero-order valence-electron chi connectivity index (χ0n) is 15.8. The van der Waals surface area contributed by atoms with Gasteiger partial charge < -0.3 is 5.32 Å². The van der Waals surface area contributed by atoms with Gasteiger partial charge in [0.15, 0.2) is 0 Å². The van der Waals surface area contributed by atoms with E-state index in [2.05, 4.69) is 26.2 Å². The fourth-order valence-corrected chi connectivity index (χ4v) is 3.08. The maximum absolute atomic E-state index is 12.1. The monoisotopic (exact) mass is 396 g/mol. The van der Waals surface area contributed by atoms with E-state index in [4.69, 9.17) is 0 Å². The molecule has 0 aliphatic heterocycles. The third kappa shape index (κ3) is 4.95. The standard InChI is InChI=1S/C19H20N6O2S/c1-12-4-8-16(9-5-12)25-19(22-23-24-25)28-11-17(26)21-18(27)20-15-7-6-13(2)14(3)10-15/h4-10H,11H2,1-3H3,(H2,20,21,26,27). The Morgan fingerprint density at radius 1 is 1.04 bits per heavy atom. The van der Waals surface area contributed by atoms with Crippen LogP contribution in [-0.4, -0.2) is 37.9 Å². The Kier molecular flexibility index (Phi) is 6.05. The summed E-state index contributed by atoms with van der Waals surface area (Å²) in [4.78, 5) is 24.1. The predicted octanol–water partition coefficient (Wildman–Crippen LogP) is 3.03. The molecule has 0 saturated carbocycles. The number of hydrogen-bond acceptors (Lipinski definition) is 6. The van der Waals surface area contributed by atoms with Gasteiger partial charge in [-0.1, -0.05) is 35.5 Å². The summed E-state index contributed by atoms with van der Waals surface area (Å²) in [6.45, 7) is 5.94. The van der Waals surface area contributed by atoms with E-state index in [9.17, 15) is 9.59 Å². The molecule has 0 bridgehead atoms. The molecule has 1 heterocycles. The molecule has 28 heavy (non-hydrogen) atoms. The second-order valence-corrected chi connectivity index (χ2v) is 7.24. The number of carbonyl (C=O) groups is 2. The Labute approximate surface area is 166 Å². The number of nitrogens with one attached hydrogen (secondary N) is 2. The van der Waals surface area contributed by atoms with Crippen molar-refractivity contribution < 1.29 is 9.59 Å². The molecule has 0 aliphatic carbocycles. The van der Waals surface area contributed by atoms with Gasteiger partial charge in [0.05, 0.1) is 11.4 Å². The van der Waals surface area contributed by atoms with Crippen LogP contribution >= 0.6 is 11.8 Å². The zero-order chi connectivity index (χ0) is 20.1. The minimum atomic E-state index is -0.577. The minimum absolute atomic E-state index is 0.00653. The van der Waals surface area contributed by atoms with Crippen LogP contribution in [-0.2, 0) is 4.79 Å². The summed E-state index contributed by atoms with van der Waals surface area (Å²) in [6.07, 6.45) is 0. The Balaban J connectivity index is 1.54. The number of urea groups is 1. The highest BCUT2D eigenvalue weighted by atomic mass is 32.2. The van der Waals surface area contributed by atoms with Gasteiger partial charge in [0.25, 0.3) is 0 Å². The van der Waals surface area contributed by atoms with Crippen LogP contribution in [0.1, 0.15) is 16.7 Å². The fourth-order valence-electron chi connectivity index (χ4n) is 2.39. The first-order valence-electron chi connectivity index (χ1n) is 8.58. The van der Waals surface area contributed by atoms with Gasteiger partial charge in [-0.05, 0) is 66.6 Å². The van der Waals surface area contributed by atoms with E-state index in [0.717, 1.165) is 34.1 Å². The largest absolute Gasteiger partial charge is 0.325 e. The predicted molar refractivity (Wildman–Crippen MR) is 108 cm³/mol. The van der Waals surface area contributed by atoms with E-state index in [1.807, 2.05) is 57.2 Å². The summed E-state index contributed by atoms with van der Waals surface area (Å²) in [5, 5.41) is 17.0. The van der Waals surface area contributed by atoms with Crippen LogP contribution in [0.2, 0.25) is 0 Å². The first kappa shape index (κ1) is 19.6. The molecule has 0 atom stereocenters. The van der Waals surface area contributed by atoms with Crippen molar-refractivity contribution in [3.63, 3.8) is 0 Å². The first-order chi connectivity index (χ1) is 13.4. The van der Waals surface area contributed by atoms with Gasteiger partial charge in [-0.2, -0.15) is 4.68 Å². The third-order valence-electron chi connectivity index (χ3n) is 4.07. The minimum Gasteiger partial charge on any atom is -0.308 e. The van der Waals surface area contributed by atoms with Gasteiger partial charge in [-0.15, -0.1) is 5.10 Å². The Morgan fingerprint density at radius 2 is 1.79 bits per heavy atom. The molecule has 1 aromatic heterocycles. The van der Waals surface area contributed by atoms with Crippen LogP contribution < -0.4 is 10.6 Å². The first-order valence-corrected chi connectivity index (χ1v) is 9.57. The number of aryl methyl sites for hydroxylation is 3. The highest BCUT2D eigenvalue weighted by Crippen LogP contribution is 2.18. The maximum atomic E-state index is 12.1. The molecule has 3 amide bonds. The molecule has 0 aliphatic rings. The average Bonchev–Trinajstić information content (AvgIpc) is 3.12. The lowest BCUT2D eigenvalue weighted by Gasteiger charge is -2.08. The van der Waals surface area contributed by atoms with Crippen LogP contribution in [0.4, 0.5) is 10.5 Å². The maximum Gasteiger partial charge on any atom is 0.325 e. The summed E-state index contributed by atoms with van der Waals surface area (Å²) in [5.41, 5.74) is 4.74. The highest BCUT2D eigenvalue weighted by molar-refractivity contribution is 7.99. The lowest BCUT2D eigenvalue weighted by atomic mass is 10.1. The third-order valence-corrected chi connectivity index (χ3v) is 4.99. The van der Waals surface area contributed by atoms with E-state index >= 15 is 0 Å². The molecule has 0 unspecified atom stereocenters. The molecule has 144 valence electrons. The SMILES string of the molecule is Cc1ccc(-n2nnnc2SCC(=O)NC(=O)Nc2ccc(C)c(C)c2)cc1. The summed E-state index contributed by atoms with van der Waals surface area (Å²) >= 11 is 1.15. The van der Waals surface area contributed by atoms with Crippen molar-refractivity contribution in [2.24, 2.45) is 0 Å². The summed E-state index contributed by atoms with van der Waals surface area (Å²) in [6, 6.07) is 12.7. The van der Waals surface area contributed by atoms with Gasteiger partial charge in [0, 0.05) is 5.69 Å². The van der Waals surface area contributed by atoms with Crippen molar-refractivity contribution in [3.05, 3.63) is 59.2 Å². The Morgan fingerprint density at radius 3 is 2.50 bits per heavy atom. The number of benzene rings is 2. The summed E-state index contributed by atoms with van der Waals surface area (Å²) in [7, 11) is 0. The average molecular weight is 396 g/mol. The van der Waals surface area contributed by atoms with E-state index in [1.54, 1.807) is 10.7 Å². The Bertz CT molecular complexity index is 1000. The van der Waals surface area contributed by atoms with Crippen LogP contribution in [0.3, 0.4) is 0 Å². The number of nitrogens with zero attached hydrogens (tertiary/aromatic N) is 4. The quantitative estimate of drug-likeness (QED) is 0.643. The molecule has 2 N–H and O–H groups in total. The van der Waals surface area contributed by atoms with Crippen LogP contribution in [0.25, 0.3) is 5.69 Å². The number of aromatic nitrogens is 4. The smallest absolute Gasteiger partial charge is 0.308 e. The van der Waals surface area contributed by atoms with E-state index in [0.29, 0.717) is 10.8 Å².